The zero-order chi connectivity index (χ0) is 14.0. The Labute approximate surface area is 126 Å². The SMILES string of the molecule is COCCNCc1cnc(CSC2CCCCC2)nc1. The minimum absolute atomic E-state index is 0.733. The van der Waals surface area contributed by atoms with E-state index in [2.05, 4.69) is 15.3 Å². The van der Waals surface area contributed by atoms with Gasteiger partial charge in [-0.2, -0.15) is 11.8 Å². The number of hydrogen-bond donors (Lipinski definition) is 1. The normalized spacial score (nSPS) is 16.4. The van der Waals surface area contributed by atoms with Crippen LogP contribution in [0.2, 0.25) is 0 Å². The Balaban J connectivity index is 1.68. The number of hydrogen-bond acceptors (Lipinski definition) is 5. The average Bonchev–Trinajstić information content (AvgIpc) is 2.52. The lowest BCUT2D eigenvalue weighted by Gasteiger charge is -2.20. The molecule has 1 aromatic heterocycles. The van der Waals surface area contributed by atoms with Crippen LogP contribution in [-0.4, -0.2) is 35.5 Å². The van der Waals surface area contributed by atoms with E-state index in [1.165, 1.54) is 32.1 Å². The minimum atomic E-state index is 0.733. The lowest BCUT2D eigenvalue weighted by atomic mass is 10.0. The van der Waals surface area contributed by atoms with Crippen molar-refractivity contribution in [3.8, 4) is 0 Å². The van der Waals surface area contributed by atoms with Crippen molar-refractivity contribution >= 4 is 11.8 Å². The van der Waals surface area contributed by atoms with Crippen molar-refractivity contribution in [1.82, 2.24) is 15.3 Å². The molecule has 5 heteroatoms. The quantitative estimate of drug-likeness (QED) is 0.747. The van der Waals surface area contributed by atoms with Gasteiger partial charge in [-0.15, -0.1) is 0 Å². The number of nitrogens with one attached hydrogen (secondary N) is 1. The molecule has 0 saturated heterocycles. The van der Waals surface area contributed by atoms with Crippen LogP contribution in [0.4, 0.5) is 0 Å². The van der Waals surface area contributed by atoms with E-state index in [4.69, 9.17) is 4.74 Å². The molecule has 0 radical (unpaired) electrons. The summed E-state index contributed by atoms with van der Waals surface area (Å²) in [6, 6.07) is 0. The molecule has 1 aliphatic carbocycles. The van der Waals surface area contributed by atoms with Crippen LogP contribution in [-0.2, 0) is 17.0 Å². The molecule has 20 heavy (non-hydrogen) atoms. The summed E-state index contributed by atoms with van der Waals surface area (Å²) in [6.07, 6.45) is 10.8. The maximum Gasteiger partial charge on any atom is 0.138 e. The van der Waals surface area contributed by atoms with Gasteiger partial charge in [-0.1, -0.05) is 19.3 Å². The average molecular weight is 295 g/mol. The van der Waals surface area contributed by atoms with Crippen molar-refractivity contribution in [2.24, 2.45) is 0 Å². The van der Waals surface area contributed by atoms with Crippen LogP contribution in [0.25, 0.3) is 0 Å². The van der Waals surface area contributed by atoms with E-state index in [1.54, 1.807) is 7.11 Å². The molecule has 1 saturated carbocycles. The molecule has 1 heterocycles. The molecule has 0 aromatic carbocycles. The number of ether oxygens (including phenoxy) is 1. The lowest BCUT2D eigenvalue weighted by molar-refractivity contribution is 0.199. The van der Waals surface area contributed by atoms with Crippen molar-refractivity contribution < 1.29 is 4.74 Å². The van der Waals surface area contributed by atoms with Gasteiger partial charge in [-0.3, -0.25) is 0 Å². The first kappa shape index (κ1) is 15.7. The van der Waals surface area contributed by atoms with Gasteiger partial charge in [0.05, 0.1) is 12.4 Å². The van der Waals surface area contributed by atoms with Crippen LogP contribution in [0, 0.1) is 0 Å². The molecule has 1 fully saturated rings. The summed E-state index contributed by atoms with van der Waals surface area (Å²) in [5.41, 5.74) is 1.13. The van der Waals surface area contributed by atoms with Gasteiger partial charge >= 0.3 is 0 Å². The summed E-state index contributed by atoms with van der Waals surface area (Å²) >= 11 is 2.02. The summed E-state index contributed by atoms with van der Waals surface area (Å²) in [5.74, 6) is 1.91. The highest BCUT2D eigenvalue weighted by Crippen LogP contribution is 2.29. The van der Waals surface area contributed by atoms with E-state index >= 15 is 0 Å². The maximum atomic E-state index is 4.99. The molecule has 4 nitrogen and oxygen atoms in total. The fourth-order valence-electron chi connectivity index (χ4n) is 2.38. The first-order valence-corrected chi connectivity index (χ1v) is 8.54. The van der Waals surface area contributed by atoms with E-state index in [0.29, 0.717) is 0 Å². The van der Waals surface area contributed by atoms with Crippen LogP contribution < -0.4 is 5.32 Å². The number of nitrogens with zero attached hydrogens (tertiary/aromatic N) is 2. The lowest BCUT2D eigenvalue weighted by Crippen LogP contribution is -2.18. The summed E-state index contributed by atoms with van der Waals surface area (Å²) < 4.78 is 4.99. The third kappa shape index (κ3) is 5.77. The van der Waals surface area contributed by atoms with Crippen molar-refractivity contribution in [3.63, 3.8) is 0 Å². The van der Waals surface area contributed by atoms with Gasteiger partial charge in [0.25, 0.3) is 0 Å². The minimum Gasteiger partial charge on any atom is -0.383 e. The van der Waals surface area contributed by atoms with E-state index in [-0.39, 0.29) is 0 Å². The summed E-state index contributed by atoms with van der Waals surface area (Å²) in [7, 11) is 1.71. The van der Waals surface area contributed by atoms with Gasteiger partial charge in [0.1, 0.15) is 5.82 Å². The molecule has 0 bridgehead atoms. The van der Waals surface area contributed by atoms with Crippen LogP contribution in [0.5, 0.6) is 0 Å². The van der Waals surface area contributed by atoms with E-state index in [0.717, 1.165) is 42.1 Å². The molecular formula is C15H25N3OS. The second-order valence-corrected chi connectivity index (χ2v) is 6.54. The zero-order valence-corrected chi connectivity index (χ0v) is 13.1. The van der Waals surface area contributed by atoms with E-state index < -0.39 is 0 Å². The fraction of sp³-hybridized carbons (Fsp3) is 0.733. The molecule has 112 valence electrons. The summed E-state index contributed by atoms with van der Waals surface area (Å²) in [5, 5.41) is 4.12. The maximum absolute atomic E-state index is 4.99. The van der Waals surface area contributed by atoms with Crippen LogP contribution in [0.15, 0.2) is 12.4 Å². The van der Waals surface area contributed by atoms with Crippen molar-refractivity contribution in [3.05, 3.63) is 23.8 Å². The van der Waals surface area contributed by atoms with Gasteiger partial charge in [-0.25, -0.2) is 9.97 Å². The third-order valence-corrected chi connectivity index (χ3v) is 4.94. The Morgan fingerprint density at radius 2 is 2.00 bits per heavy atom. The Hall–Kier alpha value is -0.650. The first-order chi connectivity index (χ1) is 9.88. The molecule has 0 aliphatic heterocycles. The smallest absolute Gasteiger partial charge is 0.138 e. The van der Waals surface area contributed by atoms with Crippen LogP contribution in [0.1, 0.15) is 43.5 Å². The number of aromatic nitrogens is 2. The Morgan fingerprint density at radius 1 is 1.25 bits per heavy atom. The molecule has 0 atom stereocenters. The molecule has 0 amide bonds. The van der Waals surface area contributed by atoms with Crippen LogP contribution in [0.3, 0.4) is 0 Å². The van der Waals surface area contributed by atoms with Gasteiger partial charge in [0.2, 0.25) is 0 Å². The molecule has 1 aromatic rings. The van der Waals surface area contributed by atoms with Gasteiger partial charge < -0.3 is 10.1 Å². The molecule has 1 N–H and O–H groups in total. The first-order valence-electron chi connectivity index (χ1n) is 7.49. The highest BCUT2D eigenvalue weighted by atomic mass is 32.2. The molecule has 2 rings (SSSR count). The Morgan fingerprint density at radius 3 is 2.70 bits per heavy atom. The highest BCUT2D eigenvalue weighted by molar-refractivity contribution is 7.99. The predicted octanol–water partition coefficient (Wildman–Crippen LogP) is 2.78. The molecule has 0 unspecified atom stereocenters. The third-order valence-electron chi connectivity index (χ3n) is 3.57. The number of thioether (sulfide) groups is 1. The highest BCUT2D eigenvalue weighted by Gasteiger charge is 2.14. The van der Waals surface area contributed by atoms with E-state index in [9.17, 15) is 0 Å². The van der Waals surface area contributed by atoms with Crippen molar-refractivity contribution in [2.75, 3.05) is 20.3 Å². The molecule has 0 spiro atoms. The largest absolute Gasteiger partial charge is 0.383 e. The second kappa shape index (κ2) is 9.32. The number of methoxy groups -OCH3 is 1. The number of rotatable bonds is 8. The van der Waals surface area contributed by atoms with Crippen LogP contribution >= 0.6 is 11.8 Å². The van der Waals surface area contributed by atoms with Crippen molar-refractivity contribution in [1.29, 1.82) is 0 Å². The fourth-order valence-corrected chi connectivity index (χ4v) is 3.58. The standard InChI is InChI=1S/C15H25N3OS/c1-19-8-7-16-9-13-10-17-15(18-11-13)12-20-14-5-3-2-4-6-14/h10-11,14,16H,2-9,12H2,1H3. The van der Waals surface area contributed by atoms with Gasteiger partial charge in [-0.05, 0) is 12.8 Å². The topological polar surface area (TPSA) is 47.0 Å². The Kier molecular flexibility index (Phi) is 7.33. The predicted molar refractivity (Wildman–Crippen MR) is 83.8 cm³/mol. The second-order valence-electron chi connectivity index (χ2n) is 5.25. The molecule has 1 aliphatic rings. The zero-order valence-electron chi connectivity index (χ0n) is 12.3. The monoisotopic (exact) mass is 295 g/mol. The summed E-state index contributed by atoms with van der Waals surface area (Å²) in [4.78, 5) is 8.92. The Bertz CT molecular complexity index is 366. The summed E-state index contributed by atoms with van der Waals surface area (Å²) in [6.45, 7) is 2.40. The van der Waals surface area contributed by atoms with Gasteiger partial charge in [0.15, 0.2) is 0 Å². The van der Waals surface area contributed by atoms with E-state index in [1.807, 2.05) is 24.2 Å². The van der Waals surface area contributed by atoms with Gasteiger partial charge in [0, 0.05) is 43.4 Å². The van der Waals surface area contributed by atoms with Crippen molar-refractivity contribution in [2.45, 2.75) is 49.7 Å². The molecular weight excluding hydrogens is 270 g/mol.